The molecular weight excluding hydrogens is 330 g/mol. The molecule has 3 nitrogen and oxygen atoms in total. The monoisotopic (exact) mass is 365 g/mol. The predicted octanol–water partition coefficient (Wildman–Crippen LogP) is 5.67. The van der Waals surface area contributed by atoms with Crippen LogP contribution >= 0.6 is 0 Å². The van der Waals surface area contributed by atoms with Crippen molar-refractivity contribution in [2.75, 3.05) is 0 Å². The quantitative estimate of drug-likeness (QED) is 0.706. The highest BCUT2D eigenvalue weighted by Crippen LogP contribution is 2.35. The average Bonchev–Trinajstić information content (AvgIpc) is 2.53. The molecule has 1 N–H and O–H groups in total. The Bertz CT molecular complexity index is 655. The van der Waals surface area contributed by atoms with Gasteiger partial charge in [-0.3, -0.25) is 0 Å². The molecule has 1 aliphatic carbocycles. The van der Waals surface area contributed by atoms with E-state index in [1.807, 2.05) is 0 Å². The van der Waals surface area contributed by atoms with E-state index >= 15 is 0 Å². The van der Waals surface area contributed by atoms with Crippen LogP contribution in [-0.2, 0) is 10.0 Å². The van der Waals surface area contributed by atoms with Crippen LogP contribution in [0.2, 0.25) is 0 Å². The maximum Gasteiger partial charge on any atom is 0.241 e. The van der Waals surface area contributed by atoms with Gasteiger partial charge < -0.3 is 0 Å². The maximum absolute atomic E-state index is 13.3. The van der Waals surface area contributed by atoms with Crippen molar-refractivity contribution in [1.82, 2.24) is 4.72 Å². The Kier molecular flexibility index (Phi) is 6.72. The molecule has 0 atom stereocenters. The van der Waals surface area contributed by atoms with Crippen LogP contribution in [0.25, 0.3) is 0 Å². The van der Waals surface area contributed by atoms with Gasteiger partial charge in [-0.25, -0.2) is 13.1 Å². The van der Waals surface area contributed by atoms with E-state index in [1.165, 1.54) is 12.0 Å². The van der Waals surface area contributed by atoms with E-state index in [1.54, 1.807) is 0 Å². The van der Waals surface area contributed by atoms with Gasteiger partial charge in [0, 0.05) is 6.04 Å². The molecule has 0 spiro atoms. The van der Waals surface area contributed by atoms with Gasteiger partial charge in [0.2, 0.25) is 10.0 Å². The van der Waals surface area contributed by atoms with Crippen molar-refractivity contribution in [3.05, 3.63) is 28.8 Å². The molecule has 0 saturated heterocycles. The molecule has 4 heteroatoms. The summed E-state index contributed by atoms with van der Waals surface area (Å²) in [6.07, 6.45) is 5.37. The molecule has 0 aromatic heterocycles. The first-order valence-corrected chi connectivity index (χ1v) is 11.3. The zero-order valence-electron chi connectivity index (χ0n) is 16.7. The summed E-state index contributed by atoms with van der Waals surface area (Å²) in [6, 6.07) is 4.30. The summed E-state index contributed by atoms with van der Waals surface area (Å²) >= 11 is 0. The van der Waals surface area contributed by atoms with E-state index < -0.39 is 10.0 Å². The highest BCUT2D eigenvalue weighted by molar-refractivity contribution is 7.89. The largest absolute Gasteiger partial charge is 0.241 e. The van der Waals surface area contributed by atoms with Crippen LogP contribution in [0.5, 0.6) is 0 Å². The molecule has 142 valence electrons. The van der Waals surface area contributed by atoms with Crippen molar-refractivity contribution in [3.63, 3.8) is 0 Å². The normalized spacial score (nSPS) is 17.0. The van der Waals surface area contributed by atoms with Crippen LogP contribution in [-0.4, -0.2) is 14.5 Å². The fourth-order valence-electron chi connectivity index (χ4n) is 3.70. The number of rotatable bonds is 6. The fraction of sp³-hybridized carbons (Fsp3) is 0.714. The standard InChI is InChI=1S/C21H35NO2S/c1-14(2)17-12-19(15(3)4)21(20(13-17)16(5)6)25(23,24)22-18-10-8-7-9-11-18/h12-16,18,22H,7-11H2,1-6H3. The molecule has 1 aromatic carbocycles. The van der Waals surface area contributed by atoms with Crippen LogP contribution in [0, 0.1) is 0 Å². The number of hydrogen-bond donors (Lipinski definition) is 1. The lowest BCUT2D eigenvalue weighted by atomic mass is 9.89. The molecule has 0 amide bonds. The smallest absolute Gasteiger partial charge is 0.208 e. The minimum Gasteiger partial charge on any atom is -0.208 e. The third-order valence-corrected chi connectivity index (χ3v) is 6.93. The van der Waals surface area contributed by atoms with Crippen molar-refractivity contribution >= 4 is 10.0 Å². The first kappa shape index (κ1) is 20.4. The summed E-state index contributed by atoms with van der Waals surface area (Å²) < 4.78 is 29.7. The molecule has 25 heavy (non-hydrogen) atoms. The van der Waals surface area contributed by atoms with Gasteiger partial charge in [0.1, 0.15) is 0 Å². The van der Waals surface area contributed by atoms with Gasteiger partial charge in [-0.05, 0) is 47.3 Å². The van der Waals surface area contributed by atoms with Gasteiger partial charge in [0.15, 0.2) is 0 Å². The second kappa shape index (κ2) is 8.22. The minimum atomic E-state index is -3.50. The third kappa shape index (κ3) is 4.85. The average molecular weight is 366 g/mol. The molecule has 2 rings (SSSR count). The zero-order chi connectivity index (χ0) is 18.8. The van der Waals surface area contributed by atoms with Crippen molar-refractivity contribution in [2.45, 2.75) is 102 Å². The topological polar surface area (TPSA) is 46.2 Å². The first-order valence-electron chi connectivity index (χ1n) is 9.83. The Morgan fingerprint density at radius 2 is 1.32 bits per heavy atom. The van der Waals surface area contributed by atoms with Crippen molar-refractivity contribution in [1.29, 1.82) is 0 Å². The van der Waals surface area contributed by atoms with Crippen molar-refractivity contribution in [2.24, 2.45) is 0 Å². The zero-order valence-corrected chi connectivity index (χ0v) is 17.5. The van der Waals surface area contributed by atoms with Crippen LogP contribution in [0.3, 0.4) is 0 Å². The van der Waals surface area contributed by atoms with Gasteiger partial charge in [-0.2, -0.15) is 0 Å². The number of hydrogen-bond acceptors (Lipinski definition) is 2. The lowest BCUT2D eigenvalue weighted by molar-refractivity contribution is 0.411. The Labute approximate surface area is 154 Å². The van der Waals surface area contributed by atoms with Crippen LogP contribution in [0.15, 0.2) is 17.0 Å². The highest BCUT2D eigenvalue weighted by Gasteiger charge is 2.29. The second-order valence-electron chi connectivity index (χ2n) is 8.45. The molecule has 1 fully saturated rings. The SMILES string of the molecule is CC(C)c1cc(C(C)C)c(S(=O)(=O)NC2CCCCC2)c(C(C)C)c1. The van der Waals surface area contributed by atoms with E-state index in [-0.39, 0.29) is 17.9 Å². The van der Waals surface area contributed by atoms with Gasteiger partial charge in [-0.1, -0.05) is 72.9 Å². The lowest BCUT2D eigenvalue weighted by Crippen LogP contribution is -2.37. The minimum absolute atomic E-state index is 0.0866. The van der Waals surface area contributed by atoms with Crippen molar-refractivity contribution < 1.29 is 8.42 Å². The molecule has 0 unspecified atom stereocenters. The fourth-order valence-corrected chi connectivity index (χ4v) is 5.70. The summed E-state index contributed by atoms with van der Waals surface area (Å²) in [6.45, 7) is 12.7. The maximum atomic E-state index is 13.3. The summed E-state index contributed by atoms with van der Waals surface area (Å²) in [5.41, 5.74) is 3.14. The Balaban J connectivity index is 2.56. The van der Waals surface area contributed by atoms with Crippen molar-refractivity contribution in [3.8, 4) is 0 Å². The number of sulfonamides is 1. The summed E-state index contributed by atoms with van der Waals surface area (Å²) in [4.78, 5) is 0.535. The molecule has 0 heterocycles. The van der Waals surface area contributed by atoms with E-state index in [4.69, 9.17) is 0 Å². The van der Waals surface area contributed by atoms with E-state index in [9.17, 15) is 8.42 Å². The number of benzene rings is 1. The Hall–Kier alpha value is -0.870. The van der Waals surface area contributed by atoms with Gasteiger partial charge >= 0.3 is 0 Å². The Morgan fingerprint density at radius 3 is 1.72 bits per heavy atom. The molecule has 0 bridgehead atoms. The van der Waals surface area contributed by atoms with Gasteiger partial charge in [0.25, 0.3) is 0 Å². The summed E-state index contributed by atoms with van der Waals surface area (Å²) in [7, 11) is -3.50. The third-order valence-electron chi connectivity index (χ3n) is 5.28. The van der Waals surface area contributed by atoms with Crippen LogP contribution < -0.4 is 4.72 Å². The van der Waals surface area contributed by atoms with E-state index in [0.717, 1.165) is 36.8 Å². The Morgan fingerprint density at radius 1 is 0.840 bits per heavy atom. The van der Waals surface area contributed by atoms with Crippen LogP contribution in [0.4, 0.5) is 0 Å². The van der Waals surface area contributed by atoms with Crippen LogP contribution in [0.1, 0.15) is 108 Å². The van der Waals surface area contributed by atoms with E-state index in [0.29, 0.717) is 10.8 Å². The molecule has 0 aliphatic heterocycles. The summed E-state index contributed by atoms with van der Waals surface area (Å²) in [5.74, 6) is 0.737. The summed E-state index contributed by atoms with van der Waals surface area (Å²) in [5, 5.41) is 0. The predicted molar refractivity (Wildman–Crippen MR) is 106 cm³/mol. The van der Waals surface area contributed by atoms with Gasteiger partial charge in [0.05, 0.1) is 4.90 Å². The molecular formula is C21H35NO2S. The molecule has 1 aliphatic rings. The lowest BCUT2D eigenvalue weighted by Gasteiger charge is -2.26. The van der Waals surface area contributed by atoms with E-state index in [2.05, 4.69) is 58.4 Å². The first-order chi connectivity index (χ1) is 11.6. The molecule has 0 radical (unpaired) electrons. The molecule has 1 aromatic rings. The highest BCUT2D eigenvalue weighted by atomic mass is 32.2. The molecule has 1 saturated carbocycles. The second-order valence-corrected chi connectivity index (χ2v) is 10.1. The number of nitrogens with one attached hydrogen (secondary N) is 1. The van der Waals surface area contributed by atoms with Gasteiger partial charge in [-0.15, -0.1) is 0 Å².